The molecule has 0 aromatic carbocycles. The van der Waals surface area contributed by atoms with Crippen molar-refractivity contribution in [1.29, 1.82) is 0 Å². The topological polar surface area (TPSA) is 98.2 Å². The number of primary amides is 1. The minimum absolute atomic E-state index is 0.00478. The number of rotatable bonds is 7. The summed E-state index contributed by atoms with van der Waals surface area (Å²) in [5.41, 5.74) is 4.13. The van der Waals surface area contributed by atoms with Gasteiger partial charge in [0.05, 0.1) is 11.7 Å². The lowest BCUT2D eigenvalue weighted by Crippen LogP contribution is -2.43. The highest BCUT2D eigenvalue weighted by Crippen LogP contribution is 2.23. The fourth-order valence-electron chi connectivity index (χ4n) is 1.97. The number of hydrogen-bond donors (Lipinski definition) is 2. The maximum absolute atomic E-state index is 11.3. The highest BCUT2D eigenvalue weighted by Gasteiger charge is 2.40. The molecule has 1 amide bonds. The molecule has 1 atom stereocenters. The van der Waals surface area contributed by atoms with E-state index in [2.05, 4.69) is 18.9 Å². The Kier molecular flexibility index (Phi) is 4.69. The quantitative estimate of drug-likeness (QED) is 0.729. The van der Waals surface area contributed by atoms with Gasteiger partial charge in [-0.3, -0.25) is 14.3 Å². The monoisotopic (exact) mass is 267 g/mol. The first kappa shape index (κ1) is 15.2. The molecule has 1 unspecified atom stereocenters. The largest absolute Gasteiger partial charge is 0.480 e. The van der Waals surface area contributed by atoms with Crippen LogP contribution in [-0.4, -0.2) is 26.8 Å². The predicted molar refractivity (Wildman–Crippen MR) is 70.5 cm³/mol. The van der Waals surface area contributed by atoms with Crippen LogP contribution in [-0.2, 0) is 16.0 Å². The first-order valence-electron chi connectivity index (χ1n) is 6.42. The van der Waals surface area contributed by atoms with Crippen molar-refractivity contribution in [3.63, 3.8) is 0 Å². The molecule has 3 N–H and O–H groups in total. The molecule has 0 aliphatic rings. The van der Waals surface area contributed by atoms with E-state index in [-0.39, 0.29) is 6.42 Å². The second kappa shape index (κ2) is 5.86. The van der Waals surface area contributed by atoms with Crippen molar-refractivity contribution in [2.75, 3.05) is 0 Å². The molecule has 6 heteroatoms. The molecule has 0 saturated carbocycles. The highest BCUT2D eigenvalue weighted by molar-refractivity contribution is 6.00. The Morgan fingerprint density at radius 3 is 2.47 bits per heavy atom. The molecule has 19 heavy (non-hydrogen) atoms. The van der Waals surface area contributed by atoms with E-state index in [0.717, 1.165) is 12.8 Å². The van der Waals surface area contributed by atoms with Gasteiger partial charge in [-0.05, 0) is 25.8 Å². The molecule has 1 aromatic rings. The normalized spacial score (nSPS) is 14.3. The average Bonchev–Trinajstić information content (AvgIpc) is 2.78. The molecule has 6 nitrogen and oxygen atoms in total. The van der Waals surface area contributed by atoms with Gasteiger partial charge >= 0.3 is 5.97 Å². The number of nitrogens with zero attached hydrogens (tertiary/aromatic N) is 2. The summed E-state index contributed by atoms with van der Waals surface area (Å²) in [6, 6.07) is 2.03. The summed E-state index contributed by atoms with van der Waals surface area (Å²) in [4.78, 5) is 22.5. The molecular formula is C13H21N3O3. The summed E-state index contributed by atoms with van der Waals surface area (Å²) in [5, 5.41) is 13.5. The summed E-state index contributed by atoms with van der Waals surface area (Å²) in [7, 11) is 0. The molecule has 0 bridgehead atoms. The van der Waals surface area contributed by atoms with Crippen LogP contribution in [0.15, 0.2) is 12.3 Å². The van der Waals surface area contributed by atoms with Gasteiger partial charge in [0.2, 0.25) is 5.91 Å². The molecule has 1 rings (SSSR count). The smallest absolute Gasteiger partial charge is 0.319 e. The number of carboxylic acid groups (broad SMARTS) is 1. The van der Waals surface area contributed by atoms with Crippen LogP contribution in [0.25, 0.3) is 0 Å². The Morgan fingerprint density at radius 2 is 2.05 bits per heavy atom. The van der Waals surface area contributed by atoms with Crippen molar-refractivity contribution in [1.82, 2.24) is 9.78 Å². The van der Waals surface area contributed by atoms with Crippen LogP contribution in [0.1, 0.15) is 45.3 Å². The predicted octanol–water partition coefficient (Wildman–Crippen LogP) is 1.36. The zero-order chi connectivity index (χ0) is 14.6. The minimum Gasteiger partial charge on any atom is -0.480 e. The van der Waals surface area contributed by atoms with Gasteiger partial charge in [0.1, 0.15) is 5.41 Å². The number of aromatic nitrogens is 2. The molecular weight excluding hydrogens is 246 g/mol. The van der Waals surface area contributed by atoms with E-state index >= 15 is 0 Å². The standard InChI is InChI=1S/C13H21N3O3/c1-4-10(5-2)16-7-6-9(15-16)8-13(3,11(14)17)12(18)19/h6-7,10H,4-5,8H2,1-3H3,(H2,14,17)(H,18,19). The number of carbonyl (C=O) groups excluding carboxylic acids is 1. The van der Waals surface area contributed by atoms with Crippen molar-refractivity contribution >= 4 is 11.9 Å². The van der Waals surface area contributed by atoms with E-state index < -0.39 is 17.3 Å². The van der Waals surface area contributed by atoms with Gasteiger partial charge in [0, 0.05) is 12.6 Å². The summed E-state index contributed by atoms with van der Waals surface area (Å²) >= 11 is 0. The number of aliphatic carboxylic acids is 1. The van der Waals surface area contributed by atoms with Gasteiger partial charge in [-0.15, -0.1) is 0 Å². The van der Waals surface area contributed by atoms with Crippen molar-refractivity contribution in [3.8, 4) is 0 Å². The van der Waals surface area contributed by atoms with E-state index in [1.54, 1.807) is 6.07 Å². The summed E-state index contributed by atoms with van der Waals surface area (Å²) in [6.07, 6.45) is 3.72. The second-order valence-electron chi connectivity index (χ2n) is 4.94. The van der Waals surface area contributed by atoms with Crippen molar-refractivity contribution in [3.05, 3.63) is 18.0 Å². The highest BCUT2D eigenvalue weighted by atomic mass is 16.4. The molecule has 0 saturated heterocycles. The van der Waals surface area contributed by atoms with Crippen LogP contribution in [0.5, 0.6) is 0 Å². The number of carbonyl (C=O) groups is 2. The van der Waals surface area contributed by atoms with Crippen LogP contribution in [0, 0.1) is 5.41 Å². The maximum atomic E-state index is 11.3. The van der Waals surface area contributed by atoms with E-state index in [9.17, 15) is 9.59 Å². The van der Waals surface area contributed by atoms with Gasteiger partial charge in [-0.25, -0.2) is 0 Å². The lowest BCUT2D eigenvalue weighted by Gasteiger charge is -2.19. The SMILES string of the molecule is CCC(CC)n1ccc(CC(C)(C(N)=O)C(=O)O)n1. The molecule has 0 spiro atoms. The minimum atomic E-state index is -1.62. The van der Waals surface area contributed by atoms with E-state index in [1.165, 1.54) is 6.92 Å². The second-order valence-corrected chi connectivity index (χ2v) is 4.94. The zero-order valence-corrected chi connectivity index (χ0v) is 11.6. The van der Waals surface area contributed by atoms with Crippen LogP contribution >= 0.6 is 0 Å². The Balaban J connectivity index is 2.94. The van der Waals surface area contributed by atoms with E-state index in [0.29, 0.717) is 11.7 Å². The molecule has 0 radical (unpaired) electrons. The van der Waals surface area contributed by atoms with Gasteiger partial charge in [0.15, 0.2) is 0 Å². The third-order valence-corrected chi connectivity index (χ3v) is 3.53. The number of nitrogens with two attached hydrogens (primary N) is 1. The number of hydrogen-bond acceptors (Lipinski definition) is 3. The molecule has 1 aromatic heterocycles. The zero-order valence-electron chi connectivity index (χ0n) is 11.6. The van der Waals surface area contributed by atoms with Crippen LogP contribution in [0.4, 0.5) is 0 Å². The van der Waals surface area contributed by atoms with Crippen molar-refractivity contribution in [2.45, 2.75) is 46.1 Å². The number of amides is 1. The Morgan fingerprint density at radius 1 is 1.47 bits per heavy atom. The molecule has 1 heterocycles. The van der Waals surface area contributed by atoms with Gasteiger partial charge in [-0.2, -0.15) is 5.10 Å². The lowest BCUT2D eigenvalue weighted by molar-refractivity contribution is -0.153. The summed E-state index contributed by atoms with van der Waals surface area (Å²) < 4.78 is 1.82. The van der Waals surface area contributed by atoms with Gasteiger partial charge < -0.3 is 10.8 Å². The van der Waals surface area contributed by atoms with Crippen LogP contribution in [0.3, 0.4) is 0 Å². The third kappa shape index (κ3) is 3.13. The van der Waals surface area contributed by atoms with Crippen LogP contribution < -0.4 is 5.73 Å². The van der Waals surface area contributed by atoms with Crippen LogP contribution in [0.2, 0.25) is 0 Å². The average molecular weight is 267 g/mol. The molecule has 0 aliphatic heterocycles. The first-order chi connectivity index (χ1) is 8.85. The molecule has 0 aliphatic carbocycles. The Hall–Kier alpha value is -1.85. The Bertz CT molecular complexity index is 449. The van der Waals surface area contributed by atoms with Gasteiger partial charge in [0.25, 0.3) is 0 Å². The lowest BCUT2D eigenvalue weighted by atomic mass is 9.85. The van der Waals surface area contributed by atoms with E-state index in [1.807, 2.05) is 10.9 Å². The summed E-state index contributed by atoms with van der Waals surface area (Å²) in [6.45, 7) is 5.47. The fourth-order valence-corrected chi connectivity index (χ4v) is 1.97. The molecule has 106 valence electrons. The fraction of sp³-hybridized carbons (Fsp3) is 0.615. The Labute approximate surface area is 112 Å². The molecule has 0 fully saturated rings. The van der Waals surface area contributed by atoms with Crippen molar-refractivity contribution in [2.24, 2.45) is 11.1 Å². The first-order valence-corrected chi connectivity index (χ1v) is 6.42. The third-order valence-electron chi connectivity index (χ3n) is 3.53. The number of carboxylic acids is 1. The summed E-state index contributed by atoms with van der Waals surface area (Å²) in [5.74, 6) is -2.07. The van der Waals surface area contributed by atoms with Gasteiger partial charge in [-0.1, -0.05) is 13.8 Å². The van der Waals surface area contributed by atoms with E-state index in [4.69, 9.17) is 10.8 Å². The maximum Gasteiger partial charge on any atom is 0.319 e. The van der Waals surface area contributed by atoms with Crippen molar-refractivity contribution < 1.29 is 14.7 Å².